The van der Waals surface area contributed by atoms with Gasteiger partial charge in [0.15, 0.2) is 5.17 Å². The smallest absolute Gasteiger partial charge is 0.262 e. The third kappa shape index (κ3) is 5.08. The highest BCUT2D eigenvalue weighted by atomic mass is 35.5. The Labute approximate surface area is 211 Å². The number of phenolic OH excluding ortho intramolecular Hbond substituents is 1. The second-order valence-electron chi connectivity index (χ2n) is 8.13. The molecule has 0 bridgehead atoms. The fraction of sp³-hybridized carbons (Fsp3) is 0.154. The topological polar surface area (TPSA) is 94.4 Å². The first-order valence-electron chi connectivity index (χ1n) is 11.0. The zero-order chi connectivity index (χ0) is 24.4. The highest BCUT2D eigenvalue weighted by Gasteiger charge is 2.39. The van der Waals surface area contributed by atoms with Crippen LogP contribution in [-0.2, 0) is 9.59 Å². The summed E-state index contributed by atoms with van der Waals surface area (Å²) >= 11 is 7.11. The van der Waals surface area contributed by atoms with Crippen LogP contribution in [0.5, 0.6) is 5.75 Å². The van der Waals surface area contributed by atoms with Gasteiger partial charge < -0.3 is 10.4 Å². The minimum atomic E-state index is -0.654. The molecule has 3 aromatic carbocycles. The standard InChI is InChI=1S/C26H21ClN4O3S/c27-17-10-12-18(13-11-17)28-24(33)15-23-25(34)29-26(35-23)31-21(19-8-4-5-9-22(19)32)14-20(30-31)16-6-2-1-3-7-16/h1-13,21,23,32H,14-15H2,(H,28,33). The van der Waals surface area contributed by atoms with E-state index in [4.69, 9.17) is 16.7 Å². The molecule has 3 aromatic rings. The largest absolute Gasteiger partial charge is 0.508 e. The third-order valence-corrected chi connectivity index (χ3v) is 7.13. The maximum absolute atomic E-state index is 12.7. The summed E-state index contributed by atoms with van der Waals surface area (Å²) in [5.41, 5.74) is 3.09. The molecule has 0 radical (unpaired) electrons. The van der Waals surface area contributed by atoms with E-state index >= 15 is 0 Å². The molecule has 0 saturated heterocycles. The number of thioether (sulfide) groups is 1. The number of rotatable bonds is 5. The number of hydrogen-bond acceptors (Lipinski definition) is 6. The van der Waals surface area contributed by atoms with E-state index in [-0.39, 0.29) is 30.0 Å². The molecule has 9 heteroatoms. The van der Waals surface area contributed by atoms with Gasteiger partial charge in [-0.1, -0.05) is 71.9 Å². The molecule has 0 aromatic heterocycles. The lowest BCUT2D eigenvalue weighted by atomic mass is 9.98. The fourth-order valence-electron chi connectivity index (χ4n) is 4.02. The van der Waals surface area contributed by atoms with Gasteiger partial charge in [0.1, 0.15) is 11.0 Å². The number of hydrogen-bond donors (Lipinski definition) is 2. The minimum absolute atomic E-state index is 0.0243. The lowest BCUT2D eigenvalue weighted by molar-refractivity contribution is -0.121. The predicted molar refractivity (Wildman–Crippen MR) is 139 cm³/mol. The van der Waals surface area contributed by atoms with Crippen LogP contribution in [0, 0.1) is 0 Å². The predicted octanol–water partition coefficient (Wildman–Crippen LogP) is 5.22. The fourth-order valence-corrected chi connectivity index (χ4v) is 5.21. The molecular formula is C26H21ClN4O3S. The first-order valence-corrected chi connectivity index (χ1v) is 12.3. The molecular weight excluding hydrogens is 484 g/mol. The van der Waals surface area contributed by atoms with E-state index < -0.39 is 5.25 Å². The Balaban J connectivity index is 1.35. The molecule has 2 atom stereocenters. The number of phenols is 1. The van der Waals surface area contributed by atoms with Crippen LogP contribution >= 0.6 is 23.4 Å². The van der Waals surface area contributed by atoms with Gasteiger partial charge in [-0.25, -0.2) is 5.01 Å². The van der Waals surface area contributed by atoms with Crippen LogP contribution in [-0.4, -0.2) is 38.1 Å². The average molecular weight is 505 g/mol. The molecule has 0 fully saturated rings. The number of anilines is 1. The van der Waals surface area contributed by atoms with Gasteiger partial charge in [0.2, 0.25) is 5.91 Å². The maximum atomic E-state index is 12.7. The first kappa shape index (κ1) is 23.1. The maximum Gasteiger partial charge on any atom is 0.262 e. The van der Waals surface area contributed by atoms with E-state index in [0.29, 0.717) is 27.9 Å². The van der Waals surface area contributed by atoms with Gasteiger partial charge in [-0.05, 0) is 35.9 Å². The van der Waals surface area contributed by atoms with Crippen molar-refractivity contribution < 1.29 is 14.7 Å². The SMILES string of the molecule is O=C(CC1SC(N2N=C(c3ccccc3)CC2c2ccccc2O)=NC1=O)Nc1ccc(Cl)cc1. The second kappa shape index (κ2) is 9.93. The van der Waals surface area contributed by atoms with Gasteiger partial charge in [0.05, 0.1) is 11.8 Å². The van der Waals surface area contributed by atoms with Crippen molar-refractivity contribution in [2.45, 2.75) is 24.1 Å². The third-order valence-electron chi connectivity index (χ3n) is 5.74. The summed E-state index contributed by atoms with van der Waals surface area (Å²) in [5.74, 6) is -0.516. The van der Waals surface area contributed by atoms with Crippen LogP contribution in [0.3, 0.4) is 0 Å². The van der Waals surface area contributed by atoms with Gasteiger partial charge in [-0.2, -0.15) is 10.1 Å². The Morgan fingerprint density at radius 3 is 2.51 bits per heavy atom. The van der Waals surface area contributed by atoms with E-state index in [1.807, 2.05) is 42.5 Å². The number of halogens is 1. The van der Waals surface area contributed by atoms with Crippen LogP contribution in [0.1, 0.15) is 30.0 Å². The van der Waals surface area contributed by atoms with Crippen LogP contribution in [0.4, 0.5) is 5.69 Å². The number of amidine groups is 1. The van der Waals surface area contributed by atoms with Gasteiger partial charge in [0, 0.05) is 29.1 Å². The summed E-state index contributed by atoms with van der Waals surface area (Å²) in [6, 6.07) is 23.3. The molecule has 2 N–H and O–H groups in total. The number of amides is 2. The molecule has 0 aliphatic carbocycles. The zero-order valence-corrected chi connectivity index (χ0v) is 20.0. The summed E-state index contributed by atoms with van der Waals surface area (Å²) in [6.07, 6.45) is 0.514. The molecule has 176 valence electrons. The molecule has 2 aliphatic heterocycles. The lowest BCUT2D eigenvalue weighted by Crippen LogP contribution is -2.25. The Bertz CT molecular complexity index is 1330. The number of aromatic hydroxyl groups is 1. The van der Waals surface area contributed by atoms with E-state index in [9.17, 15) is 14.7 Å². The quantitative estimate of drug-likeness (QED) is 0.496. The number of nitrogens with zero attached hydrogens (tertiary/aromatic N) is 3. The van der Waals surface area contributed by atoms with Gasteiger partial charge in [-0.3, -0.25) is 9.59 Å². The van der Waals surface area contributed by atoms with Crippen molar-refractivity contribution in [2.75, 3.05) is 5.32 Å². The van der Waals surface area contributed by atoms with E-state index in [1.54, 1.807) is 41.4 Å². The van der Waals surface area contributed by atoms with Crippen LogP contribution < -0.4 is 5.32 Å². The summed E-state index contributed by atoms with van der Waals surface area (Å²) < 4.78 is 0. The van der Waals surface area contributed by atoms with Crippen molar-refractivity contribution in [2.24, 2.45) is 10.1 Å². The number of aliphatic imine (C=N–C) groups is 1. The summed E-state index contributed by atoms with van der Waals surface area (Å²) in [4.78, 5) is 29.5. The molecule has 7 nitrogen and oxygen atoms in total. The zero-order valence-electron chi connectivity index (χ0n) is 18.5. The van der Waals surface area contributed by atoms with Crippen LogP contribution in [0.25, 0.3) is 0 Å². The first-order chi connectivity index (χ1) is 17.0. The van der Waals surface area contributed by atoms with Crippen LogP contribution in [0.15, 0.2) is 89.0 Å². The van der Waals surface area contributed by atoms with E-state index in [2.05, 4.69) is 10.3 Å². The second-order valence-corrected chi connectivity index (χ2v) is 9.74. The van der Waals surface area contributed by atoms with E-state index in [0.717, 1.165) is 11.3 Å². The molecule has 5 rings (SSSR count). The van der Waals surface area contributed by atoms with Crippen molar-refractivity contribution in [3.8, 4) is 5.75 Å². The molecule has 0 spiro atoms. The highest BCUT2D eigenvalue weighted by molar-refractivity contribution is 8.15. The number of benzene rings is 3. The summed E-state index contributed by atoms with van der Waals surface area (Å²) in [5, 5.41) is 20.1. The Morgan fingerprint density at radius 2 is 1.77 bits per heavy atom. The molecule has 2 amide bonds. The Hall–Kier alpha value is -3.62. The monoisotopic (exact) mass is 504 g/mol. The number of nitrogens with one attached hydrogen (secondary N) is 1. The van der Waals surface area contributed by atoms with E-state index in [1.165, 1.54) is 11.8 Å². The molecule has 35 heavy (non-hydrogen) atoms. The van der Waals surface area contributed by atoms with Crippen molar-refractivity contribution in [3.05, 3.63) is 95.0 Å². The number of para-hydroxylation sites is 1. The number of hydrazone groups is 1. The number of carbonyl (C=O) groups is 2. The van der Waals surface area contributed by atoms with Crippen LogP contribution in [0.2, 0.25) is 5.02 Å². The number of carbonyl (C=O) groups excluding carboxylic acids is 2. The van der Waals surface area contributed by atoms with Crippen molar-refractivity contribution in [1.82, 2.24) is 5.01 Å². The Morgan fingerprint density at radius 1 is 1.06 bits per heavy atom. The lowest BCUT2D eigenvalue weighted by Gasteiger charge is -2.23. The van der Waals surface area contributed by atoms with Crippen molar-refractivity contribution in [1.29, 1.82) is 0 Å². The van der Waals surface area contributed by atoms with Gasteiger partial charge >= 0.3 is 0 Å². The summed E-state index contributed by atoms with van der Waals surface area (Å²) in [6.45, 7) is 0. The van der Waals surface area contributed by atoms with Crippen molar-refractivity contribution >= 4 is 51.7 Å². The van der Waals surface area contributed by atoms with Crippen molar-refractivity contribution in [3.63, 3.8) is 0 Å². The van der Waals surface area contributed by atoms with Gasteiger partial charge in [-0.15, -0.1) is 0 Å². The molecule has 2 aliphatic rings. The average Bonchev–Trinajstić information content (AvgIpc) is 3.45. The molecule has 2 unspecified atom stereocenters. The normalized spacial score (nSPS) is 19.5. The Kier molecular flexibility index (Phi) is 6.57. The van der Waals surface area contributed by atoms with Gasteiger partial charge in [0.25, 0.3) is 5.91 Å². The summed E-state index contributed by atoms with van der Waals surface area (Å²) in [7, 11) is 0. The highest BCUT2D eigenvalue weighted by Crippen LogP contribution is 2.41. The minimum Gasteiger partial charge on any atom is -0.508 e. The molecule has 2 heterocycles. The molecule has 0 saturated carbocycles.